The number of ether oxygens (including phenoxy) is 1. The Labute approximate surface area is 180 Å². The van der Waals surface area contributed by atoms with Gasteiger partial charge in [-0.1, -0.05) is 0 Å². The first-order valence-corrected chi connectivity index (χ1v) is 11.5. The number of nitrogens with one attached hydrogen (secondary N) is 2. The minimum atomic E-state index is -3.86. The Morgan fingerprint density at radius 2 is 2.10 bits per heavy atom. The van der Waals surface area contributed by atoms with E-state index in [9.17, 15) is 13.2 Å². The highest BCUT2D eigenvalue weighted by Crippen LogP contribution is 2.35. The lowest BCUT2D eigenvalue weighted by Crippen LogP contribution is -2.56. The number of carbonyl (C=O) groups is 1. The molecule has 1 fully saturated rings. The smallest absolute Gasteiger partial charge is 0.245 e. The largest absolute Gasteiger partial charge is 0.490 e. The van der Waals surface area contributed by atoms with Gasteiger partial charge in [-0.25, -0.2) is 8.42 Å². The maximum absolute atomic E-state index is 13.4. The number of hydrogen-bond donors (Lipinski definition) is 2. The van der Waals surface area contributed by atoms with Crippen LogP contribution in [-0.4, -0.2) is 61.6 Å². The number of sulfonamides is 1. The van der Waals surface area contributed by atoms with Crippen molar-refractivity contribution in [3.05, 3.63) is 42.1 Å². The second-order valence-electron chi connectivity index (χ2n) is 7.96. The van der Waals surface area contributed by atoms with Gasteiger partial charge in [-0.05, 0) is 49.2 Å². The van der Waals surface area contributed by atoms with Gasteiger partial charge in [0.1, 0.15) is 23.3 Å². The van der Waals surface area contributed by atoms with Crippen LogP contribution in [0.4, 0.5) is 11.4 Å². The van der Waals surface area contributed by atoms with Gasteiger partial charge in [-0.2, -0.15) is 9.40 Å². The Kier molecular flexibility index (Phi) is 4.63. The average Bonchev–Trinajstić information content (AvgIpc) is 3.15. The van der Waals surface area contributed by atoms with Gasteiger partial charge < -0.3 is 15.0 Å². The third-order valence-corrected chi connectivity index (χ3v) is 7.77. The van der Waals surface area contributed by atoms with E-state index in [1.54, 1.807) is 18.3 Å². The molecule has 0 radical (unpaired) electrons. The van der Waals surface area contributed by atoms with E-state index < -0.39 is 16.1 Å². The topological polar surface area (TPSA) is 108 Å². The van der Waals surface area contributed by atoms with Gasteiger partial charge in [-0.15, -0.1) is 0 Å². The number of nitrogens with zero attached hydrogens (tertiary/aromatic N) is 3. The number of amides is 1. The molecule has 0 saturated carbocycles. The number of H-pyrrole nitrogens is 1. The van der Waals surface area contributed by atoms with Crippen molar-refractivity contribution in [2.75, 3.05) is 37.0 Å². The first kappa shape index (κ1) is 19.8. The van der Waals surface area contributed by atoms with Crippen molar-refractivity contribution in [2.45, 2.75) is 24.3 Å². The Morgan fingerprint density at radius 1 is 1.26 bits per heavy atom. The molecule has 2 aliphatic rings. The first-order valence-electron chi connectivity index (χ1n) is 10.1. The molecule has 1 saturated heterocycles. The summed E-state index contributed by atoms with van der Waals surface area (Å²) < 4.78 is 33.6. The monoisotopic (exact) mass is 441 g/mol. The molecule has 0 aliphatic carbocycles. The molecule has 2 aromatic carbocycles. The summed E-state index contributed by atoms with van der Waals surface area (Å²) in [6, 6.07) is 8.16. The van der Waals surface area contributed by atoms with Gasteiger partial charge in [0.15, 0.2) is 0 Å². The molecular weight excluding hydrogens is 418 g/mol. The van der Waals surface area contributed by atoms with E-state index in [0.29, 0.717) is 30.8 Å². The van der Waals surface area contributed by atoms with Crippen molar-refractivity contribution in [3.63, 3.8) is 0 Å². The van der Waals surface area contributed by atoms with E-state index in [1.165, 1.54) is 4.31 Å². The zero-order chi connectivity index (χ0) is 21.8. The van der Waals surface area contributed by atoms with Gasteiger partial charge >= 0.3 is 0 Å². The molecule has 0 bridgehead atoms. The van der Waals surface area contributed by atoms with E-state index in [2.05, 4.69) is 20.4 Å². The highest BCUT2D eigenvalue weighted by molar-refractivity contribution is 7.89. The molecule has 3 aromatic rings. The van der Waals surface area contributed by atoms with Crippen molar-refractivity contribution in [3.8, 4) is 5.75 Å². The number of aromatic nitrogens is 2. The van der Waals surface area contributed by atoms with Crippen LogP contribution in [0.2, 0.25) is 0 Å². The number of carbonyl (C=O) groups excluding carboxylic acids is 1. The van der Waals surface area contributed by atoms with Crippen molar-refractivity contribution in [2.24, 2.45) is 0 Å². The molecular formula is C21H23N5O4S. The van der Waals surface area contributed by atoms with Crippen molar-refractivity contribution >= 4 is 38.2 Å². The number of fused-ring (bicyclic) bond motifs is 2. The second-order valence-corrected chi connectivity index (χ2v) is 9.82. The standard InChI is InChI=1S/C21H23N5O4S/c1-13-9-14-12-22-24-20(14)19(10-13)31(28,29)26-6-5-16(26)21(27)23-15-3-4-18-17(11-15)25(2)7-8-30-18/h3-4,9-12,16H,5-8H2,1-2H3,(H,22,24)(H,23,27)/t16-/m0/s1. The molecule has 0 unspecified atom stereocenters. The van der Waals surface area contributed by atoms with Gasteiger partial charge in [0.2, 0.25) is 15.9 Å². The highest BCUT2D eigenvalue weighted by atomic mass is 32.2. The molecule has 9 nitrogen and oxygen atoms in total. The normalized spacial score (nSPS) is 18.9. The Hall–Kier alpha value is -3.11. The summed E-state index contributed by atoms with van der Waals surface area (Å²) in [5, 5.41) is 10.3. The zero-order valence-electron chi connectivity index (χ0n) is 17.3. The number of hydrogen-bond acceptors (Lipinski definition) is 6. The van der Waals surface area contributed by atoms with E-state index in [4.69, 9.17) is 4.74 Å². The number of rotatable bonds is 4. The Morgan fingerprint density at radius 3 is 2.87 bits per heavy atom. The summed E-state index contributed by atoms with van der Waals surface area (Å²) in [5.41, 5.74) is 2.77. The van der Waals surface area contributed by atoms with Crippen LogP contribution in [0.3, 0.4) is 0 Å². The summed E-state index contributed by atoms with van der Waals surface area (Å²) in [6.07, 6.45) is 2.06. The van der Waals surface area contributed by atoms with E-state index >= 15 is 0 Å². The molecule has 3 heterocycles. The highest BCUT2D eigenvalue weighted by Gasteiger charge is 2.43. The quantitative estimate of drug-likeness (QED) is 0.642. The Bertz CT molecular complexity index is 1290. The molecule has 162 valence electrons. The van der Waals surface area contributed by atoms with Crippen LogP contribution in [-0.2, 0) is 14.8 Å². The van der Waals surface area contributed by atoms with Crippen molar-refractivity contribution in [1.82, 2.24) is 14.5 Å². The molecule has 0 spiro atoms. The van der Waals surface area contributed by atoms with Crippen LogP contribution < -0.4 is 15.0 Å². The number of aromatic amines is 1. The Balaban J connectivity index is 1.39. The third kappa shape index (κ3) is 3.31. The number of anilines is 2. The minimum Gasteiger partial charge on any atom is -0.490 e. The maximum atomic E-state index is 13.4. The third-order valence-electron chi connectivity index (χ3n) is 5.84. The van der Waals surface area contributed by atoms with Gasteiger partial charge in [0.05, 0.1) is 23.9 Å². The summed E-state index contributed by atoms with van der Waals surface area (Å²) in [4.78, 5) is 15.1. The number of benzene rings is 2. The molecule has 1 aromatic heterocycles. The van der Waals surface area contributed by atoms with Crippen LogP contribution in [0.5, 0.6) is 5.75 Å². The number of likely N-dealkylation sites (N-methyl/N-ethyl adjacent to an activating group) is 1. The SMILES string of the molecule is Cc1cc(S(=O)(=O)N2CC[C@H]2C(=O)Nc2ccc3c(c2)N(C)CCO3)c2[nH]ncc2c1. The summed E-state index contributed by atoms with van der Waals surface area (Å²) in [7, 11) is -1.89. The summed E-state index contributed by atoms with van der Waals surface area (Å²) in [5.74, 6) is 0.422. The lowest BCUT2D eigenvalue weighted by atomic mass is 10.1. The lowest BCUT2D eigenvalue weighted by molar-refractivity contribution is -0.122. The van der Waals surface area contributed by atoms with Gasteiger partial charge in [0.25, 0.3) is 0 Å². The fourth-order valence-electron chi connectivity index (χ4n) is 4.07. The predicted octanol–water partition coefficient (Wildman–Crippen LogP) is 2.10. The van der Waals surface area contributed by atoms with E-state index in [1.807, 2.05) is 32.2 Å². The van der Waals surface area contributed by atoms with Crippen LogP contribution in [0, 0.1) is 6.92 Å². The predicted molar refractivity (Wildman–Crippen MR) is 117 cm³/mol. The first-order chi connectivity index (χ1) is 14.8. The van der Waals surface area contributed by atoms with E-state index in [0.717, 1.165) is 28.9 Å². The van der Waals surface area contributed by atoms with E-state index in [-0.39, 0.29) is 10.8 Å². The number of aryl methyl sites for hydroxylation is 1. The summed E-state index contributed by atoms with van der Waals surface area (Å²) >= 11 is 0. The molecule has 5 rings (SSSR count). The summed E-state index contributed by atoms with van der Waals surface area (Å²) in [6.45, 7) is 3.51. The van der Waals surface area contributed by atoms with Gasteiger partial charge in [-0.3, -0.25) is 9.89 Å². The molecule has 1 amide bonds. The molecule has 2 N–H and O–H groups in total. The van der Waals surface area contributed by atoms with Crippen molar-refractivity contribution in [1.29, 1.82) is 0 Å². The van der Waals surface area contributed by atoms with Crippen LogP contribution in [0.25, 0.3) is 10.9 Å². The van der Waals surface area contributed by atoms with Gasteiger partial charge in [0, 0.05) is 24.7 Å². The van der Waals surface area contributed by atoms with Crippen LogP contribution >= 0.6 is 0 Å². The lowest BCUT2D eigenvalue weighted by Gasteiger charge is -2.38. The van der Waals surface area contributed by atoms with Crippen LogP contribution in [0.15, 0.2) is 41.4 Å². The van der Waals surface area contributed by atoms with Crippen molar-refractivity contribution < 1.29 is 17.9 Å². The molecule has 10 heteroatoms. The fraction of sp³-hybridized carbons (Fsp3) is 0.333. The maximum Gasteiger partial charge on any atom is 0.245 e. The molecule has 31 heavy (non-hydrogen) atoms. The molecule has 1 atom stereocenters. The molecule has 2 aliphatic heterocycles. The average molecular weight is 442 g/mol. The van der Waals surface area contributed by atoms with Crippen LogP contribution in [0.1, 0.15) is 12.0 Å². The fourth-order valence-corrected chi connectivity index (χ4v) is 5.96. The second kappa shape index (κ2) is 7.24. The minimum absolute atomic E-state index is 0.144. The zero-order valence-corrected chi connectivity index (χ0v) is 18.1.